The topological polar surface area (TPSA) is 53.7 Å². The molecule has 0 amide bonds. The van der Waals surface area contributed by atoms with Gasteiger partial charge in [0.2, 0.25) is 0 Å². The number of rotatable bonds is 8. The molecule has 1 unspecified atom stereocenters. The highest BCUT2D eigenvalue weighted by Crippen LogP contribution is 2.23. The normalized spacial score (nSPS) is 13.2. The van der Waals surface area contributed by atoms with Crippen molar-refractivity contribution in [1.82, 2.24) is 0 Å². The van der Waals surface area contributed by atoms with Gasteiger partial charge in [-0.15, -0.1) is 0 Å². The van der Waals surface area contributed by atoms with Gasteiger partial charge >= 0.3 is 0 Å². The molecule has 0 saturated heterocycles. The van der Waals surface area contributed by atoms with E-state index in [1.54, 1.807) is 0 Å². The Morgan fingerprint density at radius 3 is 2.50 bits per heavy atom. The number of hydrogen-bond acceptors (Lipinski definition) is 4. The molecule has 0 aliphatic rings. The van der Waals surface area contributed by atoms with Crippen LogP contribution in [0.25, 0.3) is 0 Å². The van der Waals surface area contributed by atoms with Crippen LogP contribution in [0.4, 0.5) is 0 Å². The van der Waals surface area contributed by atoms with Crippen molar-refractivity contribution in [1.29, 1.82) is 0 Å². The molecule has 0 fully saturated rings. The van der Waals surface area contributed by atoms with Crippen molar-refractivity contribution in [2.75, 3.05) is 26.4 Å². The van der Waals surface area contributed by atoms with Gasteiger partial charge in [-0.05, 0) is 33.8 Å². The van der Waals surface area contributed by atoms with E-state index in [9.17, 15) is 0 Å². The van der Waals surface area contributed by atoms with Crippen LogP contribution in [-0.4, -0.2) is 32.0 Å². The molecule has 0 aliphatic carbocycles. The molecule has 1 aromatic rings. The molecule has 4 heteroatoms. The molecule has 4 nitrogen and oxygen atoms in total. The van der Waals surface area contributed by atoms with Gasteiger partial charge in [-0.2, -0.15) is 0 Å². The summed E-state index contributed by atoms with van der Waals surface area (Å²) in [7, 11) is 0. The minimum atomic E-state index is -0.188. The number of nitrogens with two attached hydrogens (primary N) is 1. The van der Waals surface area contributed by atoms with Gasteiger partial charge in [0, 0.05) is 5.56 Å². The van der Waals surface area contributed by atoms with Gasteiger partial charge in [0.1, 0.15) is 5.75 Å². The first-order valence-corrected chi connectivity index (χ1v) is 7.13. The second-order valence-corrected chi connectivity index (χ2v) is 5.61. The molecule has 1 atom stereocenters. The van der Waals surface area contributed by atoms with Gasteiger partial charge in [-0.1, -0.05) is 18.2 Å². The lowest BCUT2D eigenvalue weighted by molar-refractivity contribution is -0.0364. The maximum absolute atomic E-state index is 6.15. The third-order valence-corrected chi connectivity index (χ3v) is 2.68. The summed E-state index contributed by atoms with van der Waals surface area (Å²) in [5.74, 6) is 0.831. The van der Waals surface area contributed by atoms with E-state index in [-0.39, 0.29) is 11.6 Å². The van der Waals surface area contributed by atoms with E-state index in [2.05, 4.69) is 0 Å². The zero-order valence-electron chi connectivity index (χ0n) is 13.0. The van der Waals surface area contributed by atoms with Gasteiger partial charge in [-0.25, -0.2) is 0 Å². The number of ether oxygens (including phenoxy) is 3. The molecule has 2 N–H and O–H groups in total. The Hall–Kier alpha value is -1.10. The minimum absolute atomic E-state index is 0.132. The van der Waals surface area contributed by atoms with E-state index in [1.807, 2.05) is 52.0 Å². The molecule has 20 heavy (non-hydrogen) atoms. The fraction of sp³-hybridized carbons (Fsp3) is 0.625. The van der Waals surface area contributed by atoms with E-state index < -0.39 is 0 Å². The van der Waals surface area contributed by atoms with E-state index in [0.717, 1.165) is 11.3 Å². The standard InChI is InChI=1S/C16H27NO3/c1-5-19-15-9-7-6-8-13(15)14(17)12-18-10-11-20-16(2,3)4/h6-9,14H,5,10-12,17H2,1-4H3. The molecule has 1 rings (SSSR count). The number of benzene rings is 1. The van der Waals surface area contributed by atoms with E-state index in [0.29, 0.717) is 26.4 Å². The van der Waals surface area contributed by atoms with Crippen molar-refractivity contribution < 1.29 is 14.2 Å². The predicted molar refractivity (Wildman–Crippen MR) is 81.1 cm³/mol. The first kappa shape index (κ1) is 17.0. The van der Waals surface area contributed by atoms with Crippen LogP contribution in [0.2, 0.25) is 0 Å². The predicted octanol–water partition coefficient (Wildman–Crippen LogP) is 2.92. The highest BCUT2D eigenvalue weighted by Gasteiger charge is 2.12. The molecule has 0 aliphatic heterocycles. The Labute approximate surface area is 122 Å². The van der Waals surface area contributed by atoms with Gasteiger partial charge in [0.25, 0.3) is 0 Å². The van der Waals surface area contributed by atoms with Crippen LogP contribution in [0.1, 0.15) is 39.3 Å². The lowest BCUT2D eigenvalue weighted by Crippen LogP contribution is -2.23. The summed E-state index contributed by atoms with van der Waals surface area (Å²) in [5, 5.41) is 0. The van der Waals surface area contributed by atoms with Crippen molar-refractivity contribution in [2.45, 2.75) is 39.3 Å². The highest BCUT2D eigenvalue weighted by molar-refractivity contribution is 5.35. The minimum Gasteiger partial charge on any atom is -0.494 e. The van der Waals surface area contributed by atoms with Crippen molar-refractivity contribution in [3.05, 3.63) is 29.8 Å². The van der Waals surface area contributed by atoms with Crippen LogP contribution in [-0.2, 0) is 9.47 Å². The van der Waals surface area contributed by atoms with Crippen molar-refractivity contribution in [3.63, 3.8) is 0 Å². The van der Waals surface area contributed by atoms with Crippen LogP contribution >= 0.6 is 0 Å². The third kappa shape index (κ3) is 6.37. The van der Waals surface area contributed by atoms with E-state index in [4.69, 9.17) is 19.9 Å². The van der Waals surface area contributed by atoms with Crippen LogP contribution < -0.4 is 10.5 Å². The lowest BCUT2D eigenvalue weighted by Gasteiger charge is -2.20. The van der Waals surface area contributed by atoms with Crippen molar-refractivity contribution in [2.24, 2.45) is 5.73 Å². The van der Waals surface area contributed by atoms with E-state index in [1.165, 1.54) is 0 Å². The zero-order chi connectivity index (χ0) is 15.0. The van der Waals surface area contributed by atoms with Crippen LogP contribution in [0.15, 0.2) is 24.3 Å². The Kier molecular flexibility index (Phi) is 6.99. The largest absolute Gasteiger partial charge is 0.494 e. The quantitative estimate of drug-likeness (QED) is 0.744. The van der Waals surface area contributed by atoms with E-state index >= 15 is 0 Å². The summed E-state index contributed by atoms with van der Waals surface area (Å²) in [6.45, 7) is 10.2. The first-order chi connectivity index (χ1) is 9.44. The summed E-state index contributed by atoms with van der Waals surface area (Å²) in [6.07, 6.45) is 0. The van der Waals surface area contributed by atoms with Gasteiger partial charge in [-0.3, -0.25) is 0 Å². The third-order valence-electron chi connectivity index (χ3n) is 2.68. The summed E-state index contributed by atoms with van der Waals surface area (Å²) >= 11 is 0. The smallest absolute Gasteiger partial charge is 0.124 e. The summed E-state index contributed by atoms with van der Waals surface area (Å²) in [6, 6.07) is 7.62. The molecule has 0 aromatic heterocycles. The molecule has 0 spiro atoms. The summed E-state index contributed by atoms with van der Waals surface area (Å²) in [4.78, 5) is 0. The molecule has 0 radical (unpaired) electrons. The van der Waals surface area contributed by atoms with Gasteiger partial charge < -0.3 is 19.9 Å². The average Bonchev–Trinajstić information content (AvgIpc) is 2.38. The summed E-state index contributed by atoms with van der Waals surface area (Å²) in [5.41, 5.74) is 6.99. The first-order valence-electron chi connectivity index (χ1n) is 7.13. The fourth-order valence-corrected chi connectivity index (χ4v) is 1.78. The Bertz CT molecular complexity index is 388. The highest BCUT2D eigenvalue weighted by atomic mass is 16.5. The van der Waals surface area contributed by atoms with Crippen LogP contribution in [0.3, 0.4) is 0 Å². The van der Waals surface area contributed by atoms with Crippen LogP contribution in [0, 0.1) is 0 Å². The Balaban J connectivity index is 2.37. The molecular weight excluding hydrogens is 254 g/mol. The molecule has 1 aromatic carbocycles. The van der Waals surface area contributed by atoms with Crippen molar-refractivity contribution >= 4 is 0 Å². The monoisotopic (exact) mass is 281 g/mol. The number of hydrogen-bond donors (Lipinski definition) is 1. The second-order valence-electron chi connectivity index (χ2n) is 5.61. The molecule has 0 saturated carbocycles. The van der Waals surface area contributed by atoms with Crippen molar-refractivity contribution in [3.8, 4) is 5.75 Å². The molecule has 114 valence electrons. The Morgan fingerprint density at radius 1 is 1.15 bits per heavy atom. The summed E-state index contributed by atoms with van der Waals surface area (Å²) < 4.78 is 16.7. The SMILES string of the molecule is CCOc1ccccc1C(N)COCCOC(C)(C)C. The number of para-hydroxylation sites is 1. The maximum atomic E-state index is 6.15. The fourth-order valence-electron chi connectivity index (χ4n) is 1.78. The molecule has 0 heterocycles. The van der Waals surface area contributed by atoms with Gasteiger partial charge in [0.05, 0.1) is 38.1 Å². The molecule has 0 bridgehead atoms. The lowest BCUT2D eigenvalue weighted by atomic mass is 10.1. The second kappa shape index (κ2) is 8.25. The van der Waals surface area contributed by atoms with Gasteiger partial charge in [0.15, 0.2) is 0 Å². The molecular formula is C16H27NO3. The average molecular weight is 281 g/mol. The maximum Gasteiger partial charge on any atom is 0.124 e. The zero-order valence-corrected chi connectivity index (χ0v) is 13.0. The Morgan fingerprint density at radius 2 is 1.85 bits per heavy atom. The van der Waals surface area contributed by atoms with Crippen LogP contribution in [0.5, 0.6) is 5.75 Å².